The summed E-state index contributed by atoms with van der Waals surface area (Å²) < 4.78 is 0. The van der Waals surface area contributed by atoms with Crippen molar-refractivity contribution in [2.45, 2.75) is 25.0 Å². The van der Waals surface area contributed by atoms with Gasteiger partial charge in [-0.3, -0.25) is 4.79 Å². The minimum absolute atomic E-state index is 0.0328. The van der Waals surface area contributed by atoms with Crippen molar-refractivity contribution in [3.63, 3.8) is 0 Å². The third-order valence-corrected chi connectivity index (χ3v) is 2.99. The van der Waals surface area contributed by atoms with Gasteiger partial charge in [0.1, 0.15) is 0 Å². The first-order valence-electron chi connectivity index (χ1n) is 6.37. The van der Waals surface area contributed by atoms with E-state index in [0.717, 1.165) is 18.4 Å². The molecule has 1 fully saturated rings. The number of amides is 1. The van der Waals surface area contributed by atoms with E-state index >= 15 is 0 Å². The normalized spacial score (nSPS) is 15.6. The number of nitrogens with zero attached hydrogens (tertiary/aromatic N) is 1. The Morgan fingerprint density at radius 1 is 1.42 bits per heavy atom. The summed E-state index contributed by atoms with van der Waals surface area (Å²) in [5.41, 5.74) is 1.29. The van der Waals surface area contributed by atoms with Crippen LogP contribution in [0, 0.1) is 11.3 Å². The molecule has 1 saturated carbocycles. The molecule has 1 unspecified atom stereocenters. The molecule has 0 aromatic heterocycles. The van der Waals surface area contributed by atoms with Gasteiger partial charge in [0.2, 0.25) is 5.91 Å². The molecule has 0 heterocycles. The zero-order valence-electron chi connectivity index (χ0n) is 10.6. The molecule has 5 heteroatoms. The summed E-state index contributed by atoms with van der Waals surface area (Å²) in [4.78, 5) is 11.4. The fourth-order valence-corrected chi connectivity index (χ4v) is 1.73. The highest BCUT2D eigenvalue weighted by Crippen LogP contribution is 2.18. The number of hydrogen-bond donors (Lipinski definition) is 3. The first-order chi connectivity index (χ1) is 9.19. The molecule has 1 atom stereocenters. The van der Waals surface area contributed by atoms with Crippen LogP contribution in [0.4, 0.5) is 0 Å². The Kier molecular flexibility index (Phi) is 4.50. The van der Waals surface area contributed by atoms with Gasteiger partial charge in [-0.2, -0.15) is 5.26 Å². The SMILES string of the molecule is N#Cc1ccc(C(O)CNCC(=O)NC2CC2)cc1. The van der Waals surface area contributed by atoms with Crippen LogP contribution in [0.2, 0.25) is 0 Å². The van der Waals surface area contributed by atoms with Crippen molar-refractivity contribution in [3.05, 3.63) is 35.4 Å². The molecule has 1 aliphatic carbocycles. The van der Waals surface area contributed by atoms with Gasteiger partial charge in [-0.1, -0.05) is 12.1 Å². The lowest BCUT2D eigenvalue weighted by Crippen LogP contribution is -2.36. The van der Waals surface area contributed by atoms with Crippen LogP contribution in [0.5, 0.6) is 0 Å². The summed E-state index contributed by atoms with van der Waals surface area (Å²) in [5.74, 6) is -0.0328. The minimum atomic E-state index is -0.679. The largest absolute Gasteiger partial charge is 0.387 e. The second-order valence-corrected chi connectivity index (χ2v) is 4.72. The van der Waals surface area contributed by atoms with Crippen LogP contribution in [-0.4, -0.2) is 30.1 Å². The average molecular weight is 259 g/mol. The number of aliphatic hydroxyl groups is 1. The molecular weight excluding hydrogens is 242 g/mol. The molecule has 0 aliphatic heterocycles. The second-order valence-electron chi connectivity index (χ2n) is 4.72. The highest BCUT2D eigenvalue weighted by atomic mass is 16.3. The van der Waals surface area contributed by atoms with E-state index in [4.69, 9.17) is 5.26 Å². The lowest BCUT2D eigenvalue weighted by Gasteiger charge is -2.12. The summed E-state index contributed by atoms with van der Waals surface area (Å²) in [6.07, 6.45) is 1.46. The van der Waals surface area contributed by atoms with Crippen LogP contribution < -0.4 is 10.6 Å². The second kappa shape index (κ2) is 6.32. The molecule has 0 bridgehead atoms. The highest BCUT2D eigenvalue weighted by Gasteiger charge is 2.22. The molecule has 1 aromatic carbocycles. The summed E-state index contributed by atoms with van der Waals surface area (Å²) in [6, 6.07) is 9.15. The van der Waals surface area contributed by atoms with Gasteiger partial charge < -0.3 is 15.7 Å². The Morgan fingerprint density at radius 3 is 2.68 bits per heavy atom. The molecule has 1 aromatic rings. The Bertz CT molecular complexity index is 474. The molecule has 5 nitrogen and oxygen atoms in total. The van der Waals surface area contributed by atoms with Crippen molar-refractivity contribution in [2.24, 2.45) is 0 Å². The van der Waals surface area contributed by atoms with Crippen molar-refractivity contribution < 1.29 is 9.90 Å². The number of benzene rings is 1. The monoisotopic (exact) mass is 259 g/mol. The van der Waals surface area contributed by atoms with Gasteiger partial charge in [-0.05, 0) is 30.5 Å². The Labute approximate surface area is 112 Å². The quantitative estimate of drug-likeness (QED) is 0.693. The molecular formula is C14H17N3O2. The van der Waals surface area contributed by atoms with E-state index in [0.29, 0.717) is 18.2 Å². The van der Waals surface area contributed by atoms with E-state index in [1.54, 1.807) is 24.3 Å². The number of nitriles is 1. The van der Waals surface area contributed by atoms with Crippen LogP contribution in [0.25, 0.3) is 0 Å². The van der Waals surface area contributed by atoms with E-state index < -0.39 is 6.10 Å². The van der Waals surface area contributed by atoms with Gasteiger partial charge in [0.15, 0.2) is 0 Å². The number of carbonyl (C=O) groups is 1. The number of carbonyl (C=O) groups excluding carboxylic acids is 1. The zero-order valence-corrected chi connectivity index (χ0v) is 10.6. The van der Waals surface area contributed by atoms with Crippen LogP contribution in [0.1, 0.15) is 30.1 Å². The smallest absolute Gasteiger partial charge is 0.234 e. The fourth-order valence-electron chi connectivity index (χ4n) is 1.73. The maximum atomic E-state index is 11.4. The average Bonchev–Trinajstić information content (AvgIpc) is 3.22. The first-order valence-corrected chi connectivity index (χ1v) is 6.37. The molecule has 1 aliphatic rings. The first kappa shape index (κ1) is 13.5. The van der Waals surface area contributed by atoms with E-state index in [1.807, 2.05) is 6.07 Å². The Balaban J connectivity index is 1.72. The fraction of sp³-hybridized carbons (Fsp3) is 0.429. The van der Waals surface area contributed by atoms with Crippen molar-refractivity contribution in [2.75, 3.05) is 13.1 Å². The van der Waals surface area contributed by atoms with Crippen molar-refractivity contribution in [1.82, 2.24) is 10.6 Å². The number of rotatable bonds is 6. The minimum Gasteiger partial charge on any atom is -0.387 e. The maximum Gasteiger partial charge on any atom is 0.234 e. The van der Waals surface area contributed by atoms with E-state index in [9.17, 15) is 9.90 Å². The molecule has 0 spiro atoms. The lowest BCUT2D eigenvalue weighted by molar-refractivity contribution is -0.120. The number of aliphatic hydroxyl groups excluding tert-OH is 1. The van der Waals surface area contributed by atoms with Gasteiger partial charge in [-0.25, -0.2) is 0 Å². The van der Waals surface area contributed by atoms with E-state index in [-0.39, 0.29) is 12.5 Å². The van der Waals surface area contributed by atoms with Crippen molar-refractivity contribution in [3.8, 4) is 6.07 Å². The summed E-state index contributed by atoms with van der Waals surface area (Å²) in [5, 5.41) is 24.4. The van der Waals surface area contributed by atoms with Gasteiger partial charge >= 0.3 is 0 Å². The van der Waals surface area contributed by atoms with E-state index in [1.165, 1.54) is 0 Å². The lowest BCUT2D eigenvalue weighted by atomic mass is 10.1. The third kappa shape index (κ3) is 4.36. The van der Waals surface area contributed by atoms with E-state index in [2.05, 4.69) is 10.6 Å². The molecule has 0 saturated heterocycles. The molecule has 100 valence electrons. The van der Waals surface area contributed by atoms with Gasteiger partial charge in [0.25, 0.3) is 0 Å². The third-order valence-electron chi connectivity index (χ3n) is 2.99. The molecule has 19 heavy (non-hydrogen) atoms. The summed E-state index contributed by atoms with van der Waals surface area (Å²) in [7, 11) is 0. The van der Waals surface area contributed by atoms with Crippen molar-refractivity contribution in [1.29, 1.82) is 5.26 Å². The molecule has 0 radical (unpaired) electrons. The van der Waals surface area contributed by atoms with Crippen LogP contribution >= 0.6 is 0 Å². The standard InChI is InChI=1S/C14H17N3O2/c15-7-10-1-3-11(4-2-10)13(18)8-16-9-14(19)17-12-5-6-12/h1-4,12-13,16,18H,5-6,8-9H2,(H,17,19). The van der Waals surface area contributed by atoms with Gasteiger partial charge in [0.05, 0.1) is 24.3 Å². The van der Waals surface area contributed by atoms with Crippen LogP contribution in [0.3, 0.4) is 0 Å². The zero-order chi connectivity index (χ0) is 13.7. The molecule has 2 rings (SSSR count). The van der Waals surface area contributed by atoms with Crippen molar-refractivity contribution >= 4 is 5.91 Å². The summed E-state index contributed by atoms with van der Waals surface area (Å²) >= 11 is 0. The van der Waals surface area contributed by atoms with Crippen LogP contribution in [0.15, 0.2) is 24.3 Å². The number of nitrogens with one attached hydrogen (secondary N) is 2. The van der Waals surface area contributed by atoms with Gasteiger partial charge in [-0.15, -0.1) is 0 Å². The molecule has 1 amide bonds. The number of hydrogen-bond acceptors (Lipinski definition) is 4. The van der Waals surface area contributed by atoms with Gasteiger partial charge in [0, 0.05) is 12.6 Å². The topological polar surface area (TPSA) is 85.2 Å². The Hall–Kier alpha value is -1.90. The predicted octanol–water partition coefficient (Wildman–Crippen LogP) is 0.460. The van der Waals surface area contributed by atoms with Crippen LogP contribution in [-0.2, 0) is 4.79 Å². The Morgan fingerprint density at radius 2 is 2.11 bits per heavy atom. The summed E-state index contributed by atoms with van der Waals surface area (Å²) in [6.45, 7) is 0.522. The predicted molar refractivity (Wildman–Crippen MR) is 70.2 cm³/mol. The maximum absolute atomic E-state index is 11.4. The molecule has 3 N–H and O–H groups in total. The highest BCUT2D eigenvalue weighted by molar-refractivity contribution is 5.78.